The summed E-state index contributed by atoms with van der Waals surface area (Å²) in [5, 5.41) is 2.04. The van der Waals surface area contributed by atoms with Gasteiger partial charge in [-0.1, -0.05) is 20.3 Å². The van der Waals surface area contributed by atoms with Crippen LogP contribution in [0.15, 0.2) is 15.9 Å². The molecule has 0 aliphatic carbocycles. The van der Waals surface area contributed by atoms with Gasteiger partial charge < -0.3 is 4.90 Å². The summed E-state index contributed by atoms with van der Waals surface area (Å²) < 4.78 is 1.09. The molecule has 1 atom stereocenters. The van der Waals surface area contributed by atoms with E-state index in [1.807, 2.05) is 17.3 Å². The molecule has 1 unspecified atom stereocenters. The quantitative estimate of drug-likeness (QED) is 0.808. The molecule has 2 nitrogen and oxygen atoms in total. The van der Waals surface area contributed by atoms with E-state index in [0.717, 1.165) is 10.9 Å². The average Bonchev–Trinajstić information content (AvgIpc) is 2.63. The Morgan fingerprint density at radius 3 is 2.81 bits per heavy atom. The second-order valence-corrected chi connectivity index (χ2v) is 6.11. The Labute approximate surface area is 110 Å². The smallest absolute Gasteiger partial charge is 0.222 e. The summed E-state index contributed by atoms with van der Waals surface area (Å²) in [4.78, 5) is 14.9. The van der Waals surface area contributed by atoms with E-state index in [9.17, 15) is 4.79 Å². The number of rotatable bonds is 5. The molecule has 1 heterocycles. The Kier molecular flexibility index (Phi) is 5.49. The molecule has 0 aromatic carbocycles. The lowest BCUT2D eigenvalue weighted by molar-refractivity contribution is -0.131. The maximum atomic E-state index is 11.8. The standard InChI is InChI=1S/C12H18BrNOS/c1-4-9(2)5-12(15)14(3)7-11-6-10(13)8-16-11/h6,8-9H,4-5,7H2,1-3H3. The van der Waals surface area contributed by atoms with E-state index in [2.05, 4.69) is 35.8 Å². The zero-order valence-electron chi connectivity index (χ0n) is 10.00. The highest BCUT2D eigenvalue weighted by Gasteiger charge is 2.13. The Morgan fingerprint density at radius 1 is 1.62 bits per heavy atom. The molecule has 0 bridgehead atoms. The van der Waals surface area contributed by atoms with Gasteiger partial charge in [0.2, 0.25) is 5.91 Å². The van der Waals surface area contributed by atoms with E-state index in [4.69, 9.17) is 0 Å². The zero-order chi connectivity index (χ0) is 12.1. The Bertz CT molecular complexity index is 351. The van der Waals surface area contributed by atoms with Crippen LogP contribution >= 0.6 is 27.3 Å². The van der Waals surface area contributed by atoms with Crippen molar-refractivity contribution in [1.82, 2.24) is 4.90 Å². The minimum atomic E-state index is 0.235. The molecule has 0 radical (unpaired) electrons. The van der Waals surface area contributed by atoms with Crippen LogP contribution < -0.4 is 0 Å². The third-order valence-electron chi connectivity index (χ3n) is 2.66. The minimum Gasteiger partial charge on any atom is -0.341 e. The lowest BCUT2D eigenvalue weighted by atomic mass is 10.0. The molecule has 16 heavy (non-hydrogen) atoms. The second kappa shape index (κ2) is 6.40. The van der Waals surface area contributed by atoms with E-state index < -0.39 is 0 Å². The number of thiophene rings is 1. The summed E-state index contributed by atoms with van der Waals surface area (Å²) >= 11 is 5.10. The maximum absolute atomic E-state index is 11.8. The van der Waals surface area contributed by atoms with E-state index in [1.54, 1.807) is 11.3 Å². The lowest BCUT2D eigenvalue weighted by Gasteiger charge is -2.18. The number of halogens is 1. The number of carbonyl (C=O) groups is 1. The minimum absolute atomic E-state index is 0.235. The summed E-state index contributed by atoms with van der Waals surface area (Å²) in [5.41, 5.74) is 0. The predicted molar refractivity (Wildman–Crippen MR) is 72.6 cm³/mol. The summed E-state index contributed by atoms with van der Waals surface area (Å²) in [7, 11) is 1.87. The third kappa shape index (κ3) is 4.26. The normalized spacial score (nSPS) is 12.5. The van der Waals surface area contributed by atoms with Crippen LogP contribution in [0.25, 0.3) is 0 Å². The predicted octanol–water partition coefficient (Wildman–Crippen LogP) is 3.91. The van der Waals surface area contributed by atoms with Gasteiger partial charge in [0.1, 0.15) is 0 Å². The van der Waals surface area contributed by atoms with Gasteiger partial charge in [-0.2, -0.15) is 0 Å². The first-order chi connectivity index (χ1) is 7.52. The van der Waals surface area contributed by atoms with Crippen LogP contribution in [-0.4, -0.2) is 17.9 Å². The first-order valence-corrected chi connectivity index (χ1v) is 7.17. The average molecular weight is 304 g/mol. The van der Waals surface area contributed by atoms with Gasteiger partial charge in [-0.3, -0.25) is 4.79 Å². The highest BCUT2D eigenvalue weighted by Crippen LogP contribution is 2.21. The van der Waals surface area contributed by atoms with Gasteiger partial charge in [0, 0.05) is 28.2 Å². The Morgan fingerprint density at radius 2 is 2.31 bits per heavy atom. The first kappa shape index (κ1) is 13.7. The molecular formula is C12H18BrNOS. The van der Waals surface area contributed by atoms with E-state index in [1.165, 1.54) is 4.88 Å². The van der Waals surface area contributed by atoms with Gasteiger partial charge in [0.05, 0.1) is 6.54 Å². The van der Waals surface area contributed by atoms with Crippen molar-refractivity contribution in [3.05, 3.63) is 20.8 Å². The molecule has 0 aliphatic heterocycles. The maximum Gasteiger partial charge on any atom is 0.222 e. The largest absolute Gasteiger partial charge is 0.341 e. The van der Waals surface area contributed by atoms with Gasteiger partial charge in [-0.05, 0) is 27.9 Å². The van der Waals surface area contributed by atoms with Crippen LogP contribution in [0, 0.1) is 5.92 Å². The van der Waals surface area contributed by atoms with E-state index in [-0.39, 0.29) is 5.91 Å². The van der Waals surface area contributed by atoms with Crippen molar-refractivity contribution in [3.8, 4) is 0 Å². The summed E-state index contributed by atoms with van der Waals surface area (Å²) in [6.45, 7) is 4.95. The molecule has 4 heteroatoms. The van der Waals surface area contributed by atoms with Gasteiger partial charge in [-0.15, -0.1) is 11.3 Å². The highest BCUT2D eigenvalue weighted by atomic mass is 79.9. The number of nitrogens with zero attached hydrogens (tertiary/aromatic N) is 1. The molecular weight excluding hydrogens is 286 g/mol. The van der Waals surface area contributed by atoms with Crippen LogP contribution in [0.3, 0.4) is 0 Å². The van der Waals surface area contributed by atoms with Gasteiger partial charge >= 0.3 is 0 Å². The molecule has 0 fully saturated rings. The van der Waals surface area contributed by atoms with Crippen molar-refractivity contribution >= 4 is 33.2 Å². The molecule has 0 N–H and O–H groups in total. The zero-order valence-corrected chi connectivity index (χ0v) is 12.4. The van der Waals surface area contributed by atoms with Gasteiger partial charge in [0.15, 0.2) is 0 Å². The SMILES string of the molecule is CCC(C)CC(=O)N(C)Cc1cc(Br)cs1. The fraction of sp³-hybridized carbons (Fsp3) is 0.583. The number of carbonyl (C=O) groups excluding carboxylic acids is 1. The van der Waals surface area contributed by atoms with Crippen molar-refractivity contribution in [3.63, 3.8) is 0 Å². The van der Waals surface area contributed by atoms with Crippen LogP contribution in [0.4, 0.5) is 0 Å². The van der Waals surface area contributed by atoms with Crippen LogP contribution in [-0.2, 0) is 11.3 Å². The van der Waals surface area contributed by atoms with Crippen LogP contribution in [0.5, 0.6) is 0 Å². The first-order valence-electron chi connectivity index (χ1n) is 5.49. The molecule has 0 spiro atoms. The number of hydrogen-bond donors (Lipinski definition) is 0. The fourth-order valence-electron chi connectivity index (χ4n) is 1.36. The van der Waals surface area contributed by atoms with Gasteiger partial charge in [-0.25, -0.2) is 0 Å². The van der Waals surface area contributed by atoms with Gasteiger partial charge in [0.25, 0.3) is 0 Å². The molecule has 0 saturated heterocycles. The van der Waals surface area contributed by atoms with Crippen molar-refractivity contribution < 1.29 is 4.79 Å². The molecule has 1 amide bonds. The van der Waals surface area contributed by atoms with Crippen molar-refractivity contribution in [2.45, 2.75) is 33.2 Å². The molecule has 1 aromatic rings. The lowest BCUT2D eigenvalue weighted by Crippen LogP contribution is -2.27. The molecule has 0 saturated carbocycles. The van der Waals surface area contributed by atoms with Crippen LogP contribution in [0.1, 0.15) is 31.6 Å². The van der Waals surface area contributed by atoms with E-state index in [0.29, 0.717) is 18.9 Å². The second-order valence-electron chi connectivity index (χ2n) is 4.20. The fourth-order valence-corrected chi connectivity index (χ4v) is 2.86. The molecule has 0 aliphatic rings. The Hall–Kier alpha value is -0.350. The molecule has 90 valence electrons. The van der Waals surface area contributed by atoms with Crippen LogP contribution in [0.2, 0.25) is 0 Å². The Balaban J connectivity index is 2.45. The van der Waals surface area contributed by atoms with E-state index >= 15 is 0 Å². The number of amides is 1. The molecule has 1 rings (SSSR count). The van der Waals surface area contributed by atoms with Crippen molar-refractivity contribution in [2.24, 2.45) is 5.92 Å². The van der Waals surface area contributed by atoms with Crippen molar-refractivity contribution in [1.29, 1.82) is 0 Å². The summed E-state index contributed by atoms with van der Waals surface area (Å²) in [6.07, 6.45) is 1.71. The third-order valence-corrected chi connectivity index (χ3v) is 4.34. The number of hydrogen-bond acceptors (Lipinski definition) is 2. The highest BCUT2D eigenvalue weighted by molar-refractivity contribution is 9.10. The topological polar surface area (TPSA) is 20.3 Å². The van der Waals surface area contributed by atoms with Crippen molar-refractivity contribution in [2.75, 3.05) is 7.05 Å². The summed E-state index contributed by atoms with van der Waals surface area (Å²) in [6, 6.07) is 2.07. The molecule has 1 aromatic heterocycles. The monoisotopic (exact) mass is 303 g/mol. The summed E-state index contributed by atoms with van der Waals surface area (Å²) in [5.74, 6) is 0.712.